The van der Waals surface area contributed by atoms with Crippen molar-refractivity contribution in [3.05, 3.63) is 64.7 Å². The maximum Gasteiger partial charge on any atom is 0.261 e. The van der Waals surface area contributed by atoms with Crippen LogP contribution in [0.15, 0.2) is 53.7 Å². The number of carbonyl (C=O) groups excluding carboxylic acids is 2. The predicted molar refractivity (Wildman–Crippen MR) is 108 cm³/mol. The molecule has 2 amide bonds. The molecule has 0 spiro atoms. The molecular weight excluding hydrogens is 398 g/mol. The number of thioether (sulfide) groups is 1. The fraction of sp³-hybridized carbons (Fsp3) is 0.158. The number of fused-ring (bicyclic) bond motifs is 1. The molecule has 1 aliphatic rings. The molecule has 0 radical (unpaired) electrons. The molecule has 2 heterocycles. The minimum Gasteiger partial charge on any atom is -0.335 e. The molecule has 28 heavy (non-hydrogen) atoms. The Hall–Kier alpha value is -2.84. The molecule has 9 heteroatoms. The summed E-state index contributed by atoms with van der Waals surface area (Å²) in [5, 5.41) is 9.44. The summed E-state index contributed by atoms with van der Waals surface area (Å²) in [7, 11) is 0. The Morgan fingerprint density at radius 3 is 2.25 bits per heavy atom. The number of benzene rings is 2. The molecule has 0 atom stereocenters. The first-order valence-corrected chi connectivity index (χ1v) is 9.97. The number of nitrogens with two attached hydrogens (primary N) is 1. The summed E-state index contributed by atoms with van der Waals surface area (Å²) in [6.45, 7) is 0.349. The Bertz CT molecular complexity index is 1020. The maximum absolute atomic E-state index is 12.4. The zero-order chi connectivity index (χ0) is 19.7. The maximum atomic E-state index is 12.4. The lowest BCUT2D eigenvalue weighted by Crippen LogP contribution is -2.31. The van der Waals surface area contributed by atoms with Crippen molar-refractivity contribution in [2.24, 2.45) is 0 Å². The SMILES string of the molecule is Nn1c(SCCCN2C(=O)c3ccccc3C2=O)nnc1-c1ccc(Cl)cc1. The molecule has 2 aromatic carbocycles. The number of aromatic nitrogens is 3. The molecule has 0 unspecified atom stereocenters. The van der Waals surface area contributed by atoms with Crippen molar-refractivity contribution in [3.8, 4) is 11.4 Å². The van der Waals surface area contributed by atoms with E-state index in [0.29, 0.717) is 45.8 Å². The van der Waals surface area contributed by atoms with E-state index in [1.165, 1.54) is 21.3 Å². The summed E-state index contributed by atoms with van der Waals surface area (Å²) in [6, 6.07) is 14.1. The number of nitrogen functional groups attached to an aromatic ring is 1. The van der Waals surface area contributed by atoms with Gasteiger partial charge in [0.05, 0.1) is 11.1 Å². The van der Waals surface area contributed by atoms with Crippen molar-refractivity contribution in [1.29, 1.82) is 0 Å². The normalized spacial score (nSPS) is 13.2. The summed E-state index contributed by atoms with van der Waals surface area (Å²) < 4.78 is 1.43. The Morgan fingerprint density at radius 2 is 1.61 bits per heavy atom. The summed E-state index contributed by atoms with van der Waals surface area (Å²) in [5.41, 5.74) is 1.75. The average Bonchev–Trinajstić information content (AvgIpc) is 3.19. The molecule has 0 saturated heterocycles. The summed E-state index contributed by atoms with van der Waals surface area (Å²) >= 11 is 7.33. The van der Waals surface area contributed by atoms with Gasteiger partial charge in [-0.3, -0.25) is 14.5 Å². The van der Waals surface area contributed by atoms with Gasteiger partial charge in [-0.15, -0.1) is 10.2 Å². The van der Waals surface area contributed by atoms with Crippen molar-refractivity contribution in [2.75, 3.05) is 18.1 Å². The van der Waals surface area contributed by atoms with Gasteiger partial charge < -0.3 is 5.84 Å². The molecule has 1 aromatic heterocycles. The van der Waals surface area contributed by atoms with Crippen molar-refractivity contribution >= 4 is 35.2 Å². The largest absolute Gasteiger partial charge is 0.335 e. The van der Waals surface area contributed by atoms with Crippen LogP contribution in [-0.4, -0.2) is 43.9 Å². The van der Waals surface area contributed by atoms with E-state index in [1.54, 1.807) is 36.4 Å². The minimum atomic E-state index is -0.238. The third-order valence-corrected chi connectivity index (χ3v) is 5.68. The highest BCUT2D eigenvalue weighted by Gasteiger charge is 2.34. The van der Waals surface area contributed by atoms with E-state index in [9.17, 15) is 9.59 Å². The van der Waals surface area contributed by atoms with Gasteiger partial charge in [0.2, 0.25) is 5.16 Å². The van der Waals surface area contributed by atoms with Crippen LogP contribution in [0.25, 0.3) is 11.4 Å². The van der Waals surface area contributed by atoms with Crippen molar-refractivity contribution in [1.82, 2.24) is 19.8 Å². The highest BCUT2D eigenvalue weighted by molar-refractivity contribution is 7.99. The Morgan fingerprint density at radius 1 is 0.964 bits per heavy atom. The van der Waals surface area contributed by atoms with Gasteiger partial charge in [0.15, 0.2) is 5.82 Å². The van der Waals surface area contributed by atoms with Crippen molar-refractivity contribution in [3.63, 3.8) is 0 Å². The van der Waals surface area contributed by atoms with Crippen LogP contribution in [0.1, 0.15) is 27.1 Å². The van der Waals surface area contributed by atoms with Crippen LogP contribution < -0.4 is 5.84 Å². The number of rotatable bonds is 6. The van der Waals surface area contributed by atoms with Gasteiger partial charge in [0.25, 0.3) is 11.8 Å². The number of imide groups is 1. The first-order valence-electron chi connectivity index (χ1n) is 8.60. The molecule has 0 fully saturated rings. The van der Waals surface area contributed by atoms with Gasteiger partial charge in [-0.1, -0.05) is 35.5 Å². The van der Waals surface area contributed by atoms with Gasteiger partial charge >= 0.3 is 0 Å². The molecule has 7 nitrogen and oxygen atoms in total. The van der Waals surface area contributed by atoms with E-state index in [4.69, 9.17) is 17.4 Å². The molecule has 0 aliphatic carbocycles. The zero-order valence-corrected chi connectivity index (χ0v) is 16.3. The zero-order valence-electron chi connectivity index (χ0n) is 14.7. The first-order chi connectivity index (χ1) is 13.6. The first kappa shape index (κ1) is 18.5. The van der Waals surface area contributed by atoms with Crippen LogP contribution in [-0.2, 0) is 0 Å². The highest BCUT2D eigenvalue weighted by Crippen LogP contribution is 2.25. The van der Waals surface area contributed by atoms with Gasteiger partial charge in [-0.2, -0.15) is 0 Å². The van der Waals surface area contributed by atoms with E-state index in [0.717, 1.165) is 5.56 Å². The summed E-state index contributed by atoms with van der Waals surface area (Å²) in [5.74, 6) is 6.81. The van der Waals surface area contributed by atoms with Crippen LogP contribution >= 0.6 is 23.4 Å². The number of hydrogen-bond donors (Lipinski definition) is 1. The van der Waals surface area contributed by atoms with Gasteiger partial charge in [-0.05, 0) is 42.8 Å². The van der Waals surface area contributed by atoms with Crippen LogP contribution in [0, 0.1) is 0 Å². The Labute approximate surface area is 170 Å². The van der Waals surface area contributed by atoms with Crippen LogP contribution in [0.3, 0.4) is 0 Å². The predicted octanol–water partition coefficient (Wildman–Crippen LogP) is 3.09. The average molecular weight is 414 g/mol. The van der Waals surface area contributed by atoms with E-state index < -0.39 is 0 Å². The molecule has 142 valence electrons. The fourth-order valence-corrected chi connectivity index (χ4v) is 3.91. The third kappa shape index (κ3) is 3.36. The second kappa shape index (κ2) is 7.65. The van der Waals surface area contributed by atoms with E-state index in [-0.39, 0.29) is 11.8 Å². The lowest BCUT2D eigenvalue weighted by Gasteiger charge is -2.13. The second-order valence-corrected chi connectivity index (χ2v) is 7.69. The highest BCUT2D eigenvalue weighted by atomic mass is 35.5. The lowest BCUT2D eigenvalue weighted by atomic mass is 10.1. The van der Waals surface area contributed by atoms with E-state index in [2.05, 4.69) is 10.2 Å². The standard InChI is InChI=1S/C19H16ClN5O2S/c20-13-8-6-12(7-9-13)16-22-23-19(25(16)21)28-11-3-10-24-17(26)14-4-1-2-5-15(14)18(24)27/h1-2,4-9H,3,10-11,21H2. The Balaban J connectivity index is 1.35. The number of nitrogens with zero attached hydrogens (tertiary/aromatic N) is 4. The van der Waals surface area contributed by atoms with E-state index in [1.807, 2.05) is 12.1 Å². The van der Waals surface area contributed by atoms with Gasteiger partial charge in [0, 0.05) is 22.9 Å². The second-order valence-electron chi connectivity index (χ2n) is 6.19. The van der Waals surface area contributed by atoms with E-state index >= 15 is 0 Å². The molecule has 2 N–H and O–H groups in total. The third-order valence-electron chi connectivity index (χ3n) is 4.40. The molecule has 4 rings (SSSR count). The van der Waals surface area contributed by atoms with Gasteiger partial charge in [-0.25, -0.2) is 4.68 Å². The number of amides is 2. The van der Waals surface area contributed by atoms with Crippen LogP contribution in [0.4, 0.5) is 0 Å². The smallest absolute Gasteiger partial charge is 0.261 e. The lowest BCUT2D eigenvalue weighted by molar-refractivity contribution is 0.0655. The molecule has 0 saturated carbocycles. The molecular formula is C19H16ClN5O2S. The van der Waals surface area contributed by atoms with Crippen molar-refractivity contribution in [2.45, 2.75) is 11.6 Å². The molecule has 0 bridgehead atoms. The van der Waals surface area contributed by atoms with Crippen molar-refractivity contribution < 1.29 is 9.59 Å². The quantitative estimate of drug-likeness (QED) is 0.289. The summed E-state index contributed by atoms with van der Waals surface area (Å²) in [4.78, 5) is 26.0. The number of hydrogen-bond acceptors (Lipinski definition) is 6. The number of carbonyl (C=O) groups is 2. The Kier molecular flexibility index (Phi) is 5.06. The molecule has 3 aromatic rings. The topological polar surface area (TPSA) is 94.1 Å². The minimum absolute atomic E-state index is 0.238. The summed E-state index contributed by atoms with van der Waals surface area (Å²) in [6.07, 6.45) is 0.624. The van der Waals surface area contributed by atoms with Crippen LogP contribution in [0.2, 0.25) is 5.02 Å². The monoisotopic (exact) mass is 413 g/mol. The van der Waals surface area contributed by atoms with Gasteiger partial charge in [0.1, 0.15) is 0 Å². The number of halogens is 1. The van der Waals surface area contributed by atoms with Crippen LogP contribution in [0.5, 0.6) is 0 Å². The molecule has 1 aliphatic heterocycles. The fourth-order valence-electron chi connectivity index (χ4n) is 3.00.